The highest BCUT2D eigenvalue weighted by Gasteiger charge is 2.33. The standard InChI is InChI=1S/C29H38FN3O3/c1-20(2)18-35-19-25(34)16-32(23-13-14-23)17-27-28(21(3)4)31-33(24-10-6-5-7-11-24)29(27)36-26-12-8-9-22(30)15-26/h5-12,15,20-21,23,25,34H,13-14,16-19H2,1-4H3. The minimum absolute atomic E-state index is 0.153. The molecule has 0 amide bonds. The molecule has 4 rings (SSSR count). The van der Waals surface area contributed by atoms with Crippen molar-refractivity contribution < 1.29 is 19.0 Å². The molecule has 0 saturated heterocycles. The van der Waals surface area contributed by atoms with Crippen LogP contribution in [-0.2, 0) is 11.3 Å². The molecule has 194 valence electrons. The molecule has 1 aliphatic rings. The van der Waals surface area contributed by atoms with Gasteiger partial charge in [-0.2, -0.15) is 5.10 Å². The Labute approximate surface area is 213 Å². The molecule has 0 spiro atoms. The molecule has 1 aliphatic carbocycles. The summed E-state index contributed by atoms with van der Waals surface area (Å²) in [6.45, 7) is 10.5. The van der Waals surface area contributed by atoms with Crippen LogP contribution in [0.2, 0.25) is 0 Å². The highest BCUT2D eigenvalue weighted by Crippen LogP contribution is 2.37. The van der Waals surface area contributed by atoms with Gasteiger partial charge in [0.15, 0.2) is 0 Å². The van der Waals surface area contributed by atoms with Crippen molar-refractivity contribution >= 4 is 0 Å². The summed E-state index contributed by atoms with van der Waals surface area (Å²) in [6, 6.07) is 16.4. The first-order valence-corrected chi connectivity index (χ1v) is 12.9. The molecule has 1 heterocycles. The van der Waals surface area contributed by atoms with E-state index in [1.807, 2.05) is 35.0 Å². The first kappa shape index (κ1) is 26.3. The van der Waals surface area contributed by atoms with Gasteiger partial charge in [0.25, 0.3) is 0 Å². The molecule has 0 aliphatic heterocycles. The molecule has 3 aromatic rings. The number of ether oxygens (including phenoxy) is 2. The molecule has 1 saturated carbocycles. The molecule has 7 heteroatoms. The highest BCUT2D eigenvalue weighted by molar-refractivity contribution is 5.44. The van der Waals surface area contributed by atoms with Crippen LogP contribution in [0.4, 0.5) is 4.39 Å². The van der Waals surface area contributed by atoms with Gasteiger partial charge < -0.3 is 14.6 Å². The van der Waals surface area contributed by atoms with Gasteiger partial charge in [-0.05, 0) is 48.9 Å². The van der Waals surface area contributed by atoms with Crippen molar-refractivity contribution in [1.29, 1.82) is 0 Å². The van der Waals surface area contributed by atoms with Crippen LogP contribution in [-0.4, -0.2) is 51.7 Å². The lowest BCUT2D eigenvalue weighted by atomic mass is 10.1. The van der Waals surface area contributed by atoms with Crippen molar-refractivity contribution in [3.05, 3.63) is 71.7 Å². The molecule has 2 aromatic carbocycles. The van der Waals surface area contributed by atoms with Crippen LogP contribution in [0.25, 0.3) is 5.69 Å². The van der Waals surface area contributed by atoms with Crippen LogP contribution in [0.15, 0.2) is 54.6 Å². The number of nitrogens with zero attached hydrogens (tertiary/aromatic N) is 3. The number of rotatable bonds is 13. The third-order valence-corrected chi connectivity index (χ3v) is 6.16. The van der Waals surface area contributed by atoms with E-state index in [1.165, 1.54) is 12.1 Å². The molecule has 1 unspecified atom stereocenters. The zero-order valence-electron chi connectivity index (χ0n) is 21.7. The number of aromatic nitrogens is 2. The Hall–Kier alpha value is -2.74. The maximum absolute atomic E-state index is 14.0. The fourth-order valence-electron chi connectivity index (χ4n) is 4.30. The van der Waals surface area contributed by atoms with Gasteiger partial charge in [-0.25, -0.2) is 9.07 Å². The average Bonchev–Trinajstić information content (AvgIpc) is 3.62. The Morgan fingerprint density at radius 1 is 1.06 bits per heavy atom. The normalized spacial score (nSPS) is 14.7. The first-order valence-electron chi connectivity index (χ1n) is 12.9. The summed E-state index contributed by atoms with van der Waals surface area (Å²) >= 11 is 0. The Bertz CT molecular complexity index is 1110. The van der Waals surface area contributed by atoms with Gasteiger partial charge in [0.1, 0.15) is 11.6 Å². The maximum atomic E-state index is 14.0. The SMILES string of the molecule is CC(C)COCC(O)CN(Cc1c(C(C)C)nn(-c2ccccc2)c1Oc1cccc(F)c1)C1CC1. The van der Waals surface area contributed by atoms with Crippen LogP contribution in [0.3, 0.4) is 0 Å². The Balaban J connectivity index is 1.67. The third-order valence-electron chi connectivity index (χ3n) is 6.16. The minimum atomic E-state index is -0.580. The molecule has 6 nitrogen and oxygen atoms in total. The number of para-hydroxylation sites is 1. The van der Waals surface area contributed by atoms with Crippen LogP contribution in [0.5, 0.6) is 11.6 Å². The summed E-state index contributed by atoms with van der Waals surface area (Å²) in [7, 11) is 0. The fourth-order valence-corrected chi connectivity index (χ4v) is 4.30. The van der Waals surface area contributed by atoms with Crippen molar-refractivity contribution in [2.24, 2.45) is 5.92 Å². The Kier molecular flexibility index (Phi) is 8.77. The Morgan fingerprint density at radius 2 is 1.81 bits per heavy atom. The average molecular weight is 496 g/mol. The second kappa shape index (κ2) is 12.0. The summed E-state index contributed by atoms with van der Waals surface area (Å²) in [4.78, 5) is 2.31. The number of benzene rings is 2. The Morgan fingerprint density at radius 3 is 2.44 bits per heavy atom. The van der Waals surface area contributed by atoms with Crippen molar-refractivity contribution in [3.63, 3.8) is 0 Å². The first-order chi connectivity index (χ1) is 17.3. The molecule has 0 radical (unpaired) electrons. The van der Waals surface area contributed by atoms with Crippen molar-refractivity contribution in [1.82, 2.24) is 14.7 Å². The third kappa shape index (κ3) is 6.93. The largest absolute Gasteiger partial charge is 0.438 e. The number of halogens is 1. The minimum Gasteiger partial charge on any atom is -0.438 e. The molecular formula is C29H38FN3O3. The van der Waals surface area contributed by atoms with Gasteiger partial charge >= 0.3 is 0 Å². The van der Waals surface area contributed by atoms with Gasteiger partial charge in [0.05, 0.1) is 29.7 Å². The van der Waals surface area contributed by atoms with E-state index >= 15 is 0 Å². The second-order valence-electron chi connectivity index (χ2n) is 10.4. The van der Waals surface area contributed by atoms with Gasteiger partial charge in [0.2, 0.25) is 5.88 Å². The topological polar surface area (TPSA) is 59.8 Å². The number of hydrogen-bond acceptors (Lipinski definition) is 5. The summed E-state index contributed by atoms with van der Waals surface area (Å²) in [5, 5.41) is 15.7. The maximum Gasteiger partial charge on any atom is 0.227 e. The molecule has 1 fully saturated rings. The van der Waals surface area contributed by atoms with Crippen LogP contribution < -0.4 is 4.74 Å². The molecule has 1 atom stereocenters. The lowest BCUT2D eigenvalue weighted by Gasteiger charge is -2.26. The molecule has 1 N–H and O–H groups in total. The van der Waals surface area contributed by atoms with Gasteiger partial charge in [0, 0.05) is 31.8 Å². The van der Waals surface area contributed by atoms with Gasteiger partial charge in [-0.1, -0.05) is 52.0 Å². The summed E-state index contributed by atoms with van der Waals surface area (Å²) in [5.41, 5.74) is 2.76. The van der Waals surface area contributed by atoms with E-state index in [4.69, 9.17) is 14.6 Å². The number of hydrogen-bond donors (Lipinski definition) is 1. The fraction of sp³-hybridized carbons (Fsp3) is 0.483. The number of aliphatic hydroxyl groups is 1. The van der Waals surface area contributed by atoms with Crippen LogP contribution >= 0.6 is 0 Å². The smallest absolute Gasteiger partial charge is 0.227 e. The van der Waals surface area contributed by atoms with E-state index < -0.39 is 6.10 Å². The molecule has 1 aromatic heterocycles. The monoisotopic (exact) mass is 495 g/mol. The van der Waals surface area contributed by atoms with Crippen molar-refractivity contribution in [2.45, 2.75) is 65.1 Å². The number of aliphatic hydroxyl groups excluding tert-OH is 1. The van der Waals surface area contributed by atoms with Crippen molar-refractivity contribution in [2.75, 3.05) is 19.8 Å². The van der Waals surface area contributed by atoms with E-state index in [9.17, 15) is 9.50 Å². The summed E-state index contributed by atoms with van der Waals surface area (Å²) in [5.74, 6) is 1.22. The quantitative estimate of drug-likeness (QED) is 0.319. The second-order valence-corrected chi connectivity index (χ2v) is 10.4. The molecular weight excluding hydrogens is 457 g/mol. The highest BCUT2D eigenvalue weighted by atomic mass is 19.1. The van der Waals surface area contributed by atoms with Gasteiger partial charge in [-0.3, -0.25) is 4.90 Å². The lowest BCUT2D eigenvalue weighted by molar-refractivity contribution is 0.00534. The summed E-state index contributed by atoms with van der Waals surface area (Å²) < 4.78 is 27.8. The van der Waals surface area contributed by atoms with E-state index in [1.54, 1.807) is 12.1 Å². The van der Waals surface area contributed by atoms with Crippen molar-refractivity contribution in [3.8, 4) is 17.3 Å². The van der Waals surface area contributed by atoms with Gasteiger partial charge in [-0.15, -0.1) is 0 Å². The zero-order chi connectivity index (χ0) is 25.7. The van der Waals surface area contributed by atoms with E-state index in [0.717, 1.165) is 29.8 Å². The predicted molar refractivity (Wildman–Crippen MR) is 139 cm³/mol. The summed E-state index contributed by atoms with van der Waals surface area (Å²) in [6.07, 6.45) is 1.62. The zero-order valence-corrected chi connectivity index (χ0v) is 21.7. The van der Waals surface area contributed by atoms with E-state index in [0.29, 0.717) is 49.9 Å². The van der Waals surface area contributed by atoms with E-state index in [-0.39, 0.29) is 11.7 Å². The van der Waals surface area contributed by atoms with Crippen LogP contribution in [0.1, 0.15) is 57.7 Å². The predicted octanol–water partition coefficient (Wildman–Crippen LogP) is 5.93. The molecule has 0 bridgehead atoms. The lowest BCUT2D eigenvalue weighted by Crippen LogP contribution is -2.36. The molecule has 36 heavy (non-hydrogen) atoms. The van der Waals surface area contributed by atoms with E-state index in [2.05, 4.69) is 32.6 Å². The van der Waals surface area contributed by atoms with Crippen LogP contribution in [0, 0.1) is 11.7 Å².